The molecule has 4 rings (SSSR count). The first-order valence-corrected chi connectivity index (χ1v) is 9.75. The number of sulfonamides is 1. The first-order chi connectivity index (χ1) is 12.0. The molecule has 1 aromatic carbocycles. The van der Waals surface area contributed by atoms with Crippen LogP contribution in [0, 0.1) is 0 Å². The van der Waals surface area contributed by atoms with Gasteiger partial charge in [0.05, 0.1) is 24.6 Å². The number of aromatic nitrogens is 2. The van der Waals surface area contributed by atoms with Crippen LogP contribution in [0.2, 0.25) is 0 Å². The van der Waals surface area contributed by atoms with E-state index in [1.165, 1.54) is 4.31 Å². The lowest BCUT2D eigenvalue weighted by Gasteiger charge is -2.27. The highest BCUT2D eigenvalue weighted by Gasteiger charge is 2.41. The van der Waals surface area contributed by atoms with Crippen LogP contribution in [0.5, 0.6) is 5.75 Å². The number of H-pyrrole nitrogens is 1. The molecule has 1 saturated carbocycles. The third kappa shape index (κ3) is 2.96. The lowest BCUT2D eigenvalue weighted by Crippen LogP contribution is -2.40. The standard InChI is InChI=1S/C17H19N3O4S/c1-24-12-4-2-11(3-5-12)16-18-15-10-20(25(22,23)13-6-7-13)9-8-14(15)17(21)19-16/h2-5,13H,6-10H2,1H3,(H,18,19,21). The Balaban J connectivity index is 1.69. The second kappa shape index (κ2) is 5.96. The summed E-state index contributed by atoms with van der Waals surface area (Å²) in [5.74, 6) is 1.16. The molecule has 2 heterocycles. The molecule has 0 atom stereocenters. The van der Waals surface area contributed by atoms with E-state index in [0.29, 0.717) is 35.8 Å². The summed E-state index contributed by atoms with van der Waals surface area (Å²) in [5, 5.41) is -0.253. The molecule has 25 heavy (non-hydrogen) atoms. The summed E-state index contributed by atoms with van der Waals surface area (Å²) in [7, 11) is -1.68. The van der Waals surface area contributed by atoms with E-state index in [1.807, 2.05) is 12.1 Å². The molecule has 0 radical (unpaired) electrons. The molecule has 1 aliphatic heterocycles. The summed E-state index contributed by atoms with van der Waals surface area (Å²) in [5.41, 5.74) is 1.69. The van der Waals surface area contributed by atoms with Gasteiger partial charge in [0.1, 0.15) is 11.6 Å². The fourth-order valence-corrected chi connectivity index (χ4v) is 4.90. The number of nitrogens with one attached hydrogen (secondary N) is 1. The Bertz CT molecular complexity index is 962. The van der Waals surface area contributed by atoms with Gasteiger partial charge in [-0.05, 0) is 43.5 Å². The zero-order chi connectivity index (χ0) is 17.6. The first-order valence-electron chi connectivity index (χ1n) is 8.24. The normalized spacial score (nSPS) is 18.0. The SMILES string of the molecule is COc1ccc(-c2nc3c(c(=O)[nH]2)CCN(S(=O)(=O)C2CC2)C3)cc1. The van der Waals surface area contributed by atoms with Crippen molar-refractivity contribution in [1.29, 1.82) is 0 Å². The number of benzene rings is 1. The van der Waals surface area contributed by atoms with E-state index in [9.17, 15) is 13.2 Å². The minimum absolute atomic E-state index is 0.168. The minimum Gasteiger partial charge on any atom is -0.497 e. The lowest BCUT2D eigenvalue weighted by atomic mass is 10.1. The fourth-order valence-electron chi connectivity index (χ4n) is 3.10. The van der Waals surface area contributed by atoms with Crippen molar-refractivity contribution in [3.05, 3.63) is 45.9 Å². The fraction of sp³-hybridized carbons (Fsp3) is 0.412. The van der Waals surface area contributed by atoms with Crippen molar-refractivity contribution < 1.29 is 13.2 Å². The monoisotopic (exact) mass is 361 g/mol. The predicted octanol–water partition coefficient (Wildman–Crippen LogP) is 1.30. The average Bonchev–Trinajstić information content (AvgIpc) is 3.47. The molecule has 2 aliphatic rings. The smallest absolute Gasteiger partial charge is 0.254 e. The quantitative estimate of drug-likeness (QED) is 0.886. The molecule has 0 saturated heterocycles. The van der Waals surface area contributed by atoms with Gasteiger partial charge in [-0.3, -0.25) is 4.79 Å². The second-order valence-corrected chi connectivity index (χ2v) is 8.61. The molecule has 132 valence electrons. The van der Waals surface area contributed by atoms with E-state index in [-0.39, 0.29) is 17.4 Å². The Morgan fingerprint density at radius 1 is 1.24 bits per heavy atom. The van der Waals surface area contributed by atoms with Crippen LogP contribution in [0.25, 0.3) is 11.4 Å². The highest BCUT2D eigenvalue weighted by molar-refractivity contribution is 7.90. The zero-order valence-electron chi connectivity index (χ0n) is 13.9. The molecule has 0 bridgehead atoms. The van der Waals surface area contributed by atoms with Crippen LogP contribution in [0.1, 0.15) is 24.1 Å². The van der Waals surface area contributed by atoms with Gasteiger partial charge in [0.15, 0.2) is 0 Å². The topological polar surface area (TPSA) is 92.4 Å². The number of nitrogens with zero attached hydrogens (tertiary/aromatic N) is 2. The minimum atomic E-state index is -3.27. The maximum atomic E-state index is 12.5. The van der Waals surface area contributed by atoms with E-state index in [1.54, 1.807) is 19.2 Å². The van der Waals surface area contributed by atoms with Gasteiger partial charge in [-0.15, -0.1) is 0 Å². The zero-order valence-corrected chi connectivity index (χ0v) is 14.7. The Morgan fingerprint density at radius 2 is 1.96 bits per heavy atom. The van der Waals surface area contributed by atoms with E-state index >= 15 is 0 Å². The summed E-state index contributed by atoms with van der Waals surface area (Å²) in [6, 6.07) is 7.20. The molecule has 0 amide bonds. The van der Waals surface area contributed by atoms with E-state index in [2.05, 4.69) is 9.97 Å². The van der Waals surface area contributed by atoms with Gasteiger partial charge in [-0.2, -0.15) is 4.31 Å². The van der Waals surface area contributed by atoms with E-state index < -0.39 is 10.0 Å². The van der Waals surface area contributed by atoms with Gasteiger partial charge >= 0.3 is 0 Å². The molecular formula is C17H19N3O4S. The summed E-state index contributed by atoms with van der Waals surface area (Å²) in [6.07, 6.45) is 1.85. The molecule has 1 aliphatic carbocycles. The second-order valence-electron chi connectivity index (χ2n) is 6.40. The molecular weight excluding hydrogens is 342 g/mol. The van der Waals surface area contributed by atoms with Crippen LogP contribution in [0.4, 0.5) is 0 Å². The van der Waals surface area contributed by atoms with Crippen LogP contribution in [0.15, 0.2) is 29.1 Å². The molecule has 1 N–H and O–H groups in total. The summed E-state index contributed by atoms with van der Waals surface area (Å²) >= 11 is 0. The lowest BCUT2D eigenvalue weighted by molar-refractivity contribution is 0.383. The number of aromatic amines is 1. The molecule has 1 fully saturated rings. The van der Waals surface area contributed by atoms with Crippen molar-refractivity contribution in [3.63, 3.8) is 0 Å². The van der Waals surface area contributed by atoms with Gasteiger partial charge in [0, 0.05) is 17.7 Å². The molecule has 2 aromatic rings. The van der Waals surface area contributed by atoms with Crippen molar-refractivity contribution in [2.45, 2.75) is 31.1 Å². The maximum absolute atomic E-state index is 12.5. The van der Waals surface area contributed by atoms with Gasteiger partial charge in [0.2, 0.25) is 10.0 Å². The molecule has 0 unspecified atom stereocenters. The van der Waals surface area contributed by atoms with Crippen LogP contribution in [-0.4, -0.2) is 41.6 Å². The van der Waals surface area contributed by atoms with Crippen molar-refractivity contribution in [1.82, 2.24) is 14.3 Å². The maximum Gasteiger partial charge on any atom is 0.254 e. The highest BCUT2D eigenvalue weighted by Crippen LogP contribution is 2.33. The predicted molar refractivity (Wildman–Crippen MR) is 92.9 cm³/mol. The Labute approximate surface area is 145 Å². The number of methoxy groups -OCH3 is 1. The van der Waals surface area contributed by atoms with Gasteiger partial charge in [-0.25, -0.2) is 13.4 Å². The number of hydrogen-bond donors (Lipinski definition) is 1. The summed E-state index contributed by atoms with van der Waals surface area (Å²) in [6.45, 7) is 0.514. The molecule has 7 nitrogen and oxygen atoms in total. The largest absolute Gasteiger partial charge is 0.497 e. The number of fused-ring (bicyclic) bond motifs is 1. The van der Waals surface area contributed by atoms with Crippen molar-refractivity contribution in [3.8, 4) is 17.1 Å². The van der Waals surface area contributed by atoms with Crippen molar-refractivity contribution >= 4 is 10.0 Å². The van der Waals surface area contributed by atoms with Gasteiger partial charge in [0.25, 0.3) is 5.56 Å². The Morgan fingerprint density at radius 3 is 2.60 bits per heavy atom. The first kappa shape index (κ1) is 16.3. The van der Waals surface area contributed by atoms with E-state index in [4.69, 9.17) is 4.74 Å². The third-order valence-corrected chi connectivity index (χ3v) is 7.05. The number of hydrogen-bond acceptors (Lipinski definition) is 5. The Kier molecular flexibility index (Phi) is 3.88. The Hall–Kier alpha value is -2.19. The number of rotatable bonds is 4. The molecule has 1 aromatic heterocycles. The van der Waals surface area contributed by atoms with Crippen LogP contribution < -0.4 is 10.3 Å². The van der Waals surface area contributed by atoms with Gasteiger partial charge in [-0.1, -0.05) is 0 Å². The molecule has 0 spiro atoms. The molecule has 8 heteroatoms. The average molecular weight is 361 g/mol. The summed E-state index contributed by atoms with van der Waals surface area (Å²) < 4.78 is 31.5. The van der Waals surface area contributed by atoms with Gasteiger partial charge < -0.3 is 9.72 Å². The summed E-state index contributed by atoms with van der Waals surface area (Å²) in [4.78, 5) is 19.7. The highest BCUT2D eigenvalue weighted by atomic mass is 32.2. The van der Waals surface area contributed by atoms with E-state index in [0.717, 1.165) is 18.4 Å². The van der Waals surface area contributed by atoms with Crippen LogP contribution in [-0.2, 0) is 23.0 Å². The number of ether oxygens (including phenoxy) is 1. The van der Waals surface area contributed by atoms with Crippen LogP contribution in [0.3, 0.4) is 0 Å². The van der Waals surface area contributed by atoms with Crippen LogP contribution >= 0.6 is 0 Å². The third-order valence-electron chi connectivity index (χ3n) is 4.71. The van der Waals surface area contributed by atoms with Crippen molar-refractivity contribution in [2.75, 3.05) is 13.7 Å². The van der Waals surface area contributed by atoms with Crippen molar-refractivity contribution in [2.24, 2.45) is 0 Å².